The van der Waals surface area contributed by atoms with Crippen molar-refractivity contribution >= 4 is 49.3 Å². The third-order valence-electron chi connectivity index (χ3n) is 6.31. The van der Waals surface area contributed by atoms with Gasteiger partial charge in [0.1, 0.15) is 17.0 Å². The Bertz CT molecular complexity index is 1360. The molecule has 4 heterocycles. The summed E-state index contributed by atoms with van der Waals surface area (Å²) < 4.78 is 34.6. The standard InChI is InChI=1S/C22H24N6O5S2/c1-3-14-4-5-15-11-19(34-18(15)10-14)35(31,32)26-8-9-27(17(12-26)20(29)23-2)22(30)28-7-6-16-21(25-28)33-13-24-16/h1,4-5,10-11,16-17,24H,6-9,12-13H2,2H3,(H,23,29). The molecule has 3 aliphatic rings. The van der Waals surface area contributed by atoms with E-state index in [1.807, 2.05) is 0 Å². The van der Waals surface area contributed by atoms with Gasteiger partial charge in [-0.25, -0.2) is 18.2 Å². The summed E-state index contributed by atoms with van der Waals surface area (Å²) in [6.07, 6.45) is 6.10. The van der Waals surface area contributed by atoms with Gasteiger partial charge in [0, 0.05) is 43.5 Å². The van der Waals surface area contributed by atoms with E-state index in [2.05, 4.69) is 21.7 Å². The summed E-state index contributed by atoms with van der Waals surface area (Å²) in [7, 11) is -2.44. The van der Waals surface area contributed by atoms with Crippen LogP contribution in [0.15, 0.2) is 33.6 Å². The Morgan fingerprint density at radius 2 is 2.11 bits per heavy atom. The fourth-order valence-corrected chi connectivity index (χ4v) is 7.41. The number of amides is 3. The van der Waals surface area contributed by atoms with Gasteiger partial charge in [0.05, 0.1) is 6.04 Å². The van der Waals surface area contributed by atoms with Crippen LogP contribution in [0.4, 0.5) is 4.79 Å². The average molecular weight is 517 g/mol. The maximum Gasteiger partial charge on any atom is 0.341 e. The quantitative estimate of drug-likeness (QED) is 0.569. The normalized spacial score (nSPS) is 22.8. The van der Waals surface area contributed by atoms with Crippen LogP contribution in [-0.4, -0.2) is 92.5 Å². The summed E-state index contributed by atoms with van der Waals surface area (Å²) in [4.78, 5) is 27.4. The zero-order valence-electron chi connectivity index (χ0n) is 18.9. The van der Waals surface area contributed by atoms with Crippen molar-refractivity contribution in [3.63, 3.8) is 0 Å². The van der Waals surface area contributed by atoms with E-state index in [-0.39, 0.29) is 29.9 Å². The van der Waals surface area contributed by atoms with E-state index in [1.54, 1.807) is 24.3 Å². The van der Waals surface area contributed by atoms with Crippen LogP contribution in [-0.2, 0) is 19.6 Å². The van der Waals surface area contributed by atoms with Crippen LogP contribution in [0.5, 0.6) is 0 Å². The molecule has 13 heteroatoms. The SMILES string of the molecule is C#Cc1ccc2cc(S(=O)(=O)N3CCN(C(=O)N4CCC5NCOC5=N4)C(C(=O)NC)C3)sc2c1. The van der Waals surface area contributed by atoms with Gasteiger partial charge in [0.2, 0.25) is 11.8 Å². The molecule has 35 heavy (non-hydrogen) atoms. The van der Waals surface area contributed by atoms with Crippen molar-refractivity contribution in [1.82, 2.24) is 24.8 Å². The predicted octanol–water partition coefficient (Wildman–Crippen LogP) is 0.389. The van der Waals surface area contributed by atoms with Gasteiger partial charge in [-0.1, -0.05) is 12.0 Å². The molecule has 0 radical (unpaired) electrons. The Morgan fingerprint density at radius 1 is 1.29 bits per heavy atom. The van der Waals surface area contributed by atoms with Gasteiger partial charge in [0.25, 0.3) is 10.0 Å². The van der Waals surface area contributed by atoms with Crippen molar-refractivity contribution in [2.24, 2.45) is 5.10 Å². The molecular formula is C22H24N6O5S2. The molecule has 11 nitrogen and oxygen atoms in total. The van der Waals surface area contributed by atoms with E-state index in [0.29, 0.717) is 31.2 Å². The van der Waals surface area contributed by atoms with Gasteiger partial charge in [-0.2, -0.15) is 4.31 Å². The molecule has 2 aromatic rings. The lowest BCUT2D eigenvalue weighted by Gasteiger charge is -2.41. The van der Waals surface area contributed by atoms with Crippen molar-refractivity contribution < 1.29 is 22.7 Å². The Morgan fingerprint density at radius 3 is 2.89 bits per heavy atom. The fraction of sp³-hybridized carbons (Fsp3) is 0.409. The van der Waals surface area contributed by atoms with Crippen molar-refractivity contribution in [3.8, 4) is 12.3 Å². The van der Waals surface area contributed by atoms with Crippen LogP contribution in [0.25, 0.3) is 10.1 Å². The number of likely N-dealkylation sites (N-methyl/N-ethyl adjacent to an activating group) is 1. The third kappa shape index (κ3) is 4.23. The lowest BCUT2D eigenvalue weighted by Crippen LogP contribution is -2.63. The van der Waals surface area contributed by atoms with E-state index in [9.17, 15) is 18.0 Å². The molecule has 1 aromatic carbocycles. The highest BCUT2D eigenvalue weighted by molar-refractivity contribution is 7.91. The highest BCUT2D eigenvalue weighted by Crippen LogP contribution is 2.32. The number of piperazine rings is 1. The second kappa shape index (κ2) is 9.12. The Balaban J connectivity index is 1.39. The van der Waals surface area contributed by atoms with Crippen LogP contribution < -0.4 is 10.6 Å². The number of thiophene rings is 1. The van der Waals surface area contributed by atoms with Crippen molar-refractivity contribution in [2.45, 2.75) is 22.7 Å². The smallest absolute Gasteiger partial charge is 0.341 e. The number of sulfonamides is 1. The summed E-state index contributed by atoms with van der Waals surface area (Å²) in [5.74, 6) is 2.55. The molecule has 2 N–H and O–H groups in total. The molecule has 0 aliphatic carbocycles. The Hall–Kier alpha value is -3.18. The van der Waals surface area contributed by atoms with E-state index in [1.165, 1.54) is 21.3 Å². The molecule has 2 saturated heterocycles. The maximum absolute atomic E-state index is 13.5. The number of ether oxygens (including phenoxy) is 1. The van der Waals surface area contributed by atoms with Gasteiger partial charge < -0.3 is 15.0 Å². The highest BCUT2D eigenvalue weighted by atomic mass is 32.2. The van der Waals surface area contributed by atoms with Crippen molar-refractivity contribution in [1.29, 1.82) is 0 Å². The summed E-state index contributed by atoms with van der Waals surface area (Å²) in [5, 5.41) is 12.0. The lowest BCUT2D eigenvalue weighted by atomic mass is 10.1. The molecule has 0 spiro atoms. The number of nitrogens with zero attached hydrogens (tertiary/aromatic N) is 4. The molecule has 5 rings (SSSR count). The van der Waals surface area contributed by atoms with E-state index in [0.717, 1.165) is 21.4 Å². The Kier molecular flexibility index (Phi) is 6.14. The number of fused-ring (bicyclic) bond motifs is 2. The molecular weight excluding hydrogens is 492 g/mol. The summed E-state index contributed by atoms with van der Waals surface area (Å²) in [5.41, 5.74) is 0.668. The van der Waals surface area contributed by atoms with E-state index < -0.39 is 28.0 Å². The third-order valence-corrected chi connectivity index (χ3v) is 9.73. The number of nitrogens with one attached hydrogen (secondary N) is 2. The number of carbonyl (C=O) groups excluding carboxylic acids is 2. The minimum absolute atomic E-state index is 0.0196. The number of rotatable bonds is 3. The second-order valence-corrected chi connectivity index (χ2v) is 11.6. The molecule has 184 valence electrons. The number of carbonyl (C=O) groups is 2. The molecule has 0 saturated carbocycles. The first-order valence-corrected chi connectivity index (χ1v) is 13.3. The minimum Gasteiger partial charge on any atom is -0.463 e. The summed E-state index contributed by atoms with van der Waals surface area (Å²) in [6, 6.07) is 5.46. The van der Waals surface area contributed by atoms with Gasteiger partial charge >= 0.3 is 6.03 Å². The van der Waals surface area contributed by atoms with Crippen LogP contribution in [0.1, 0.15) is 12.0 Å². The number of terminal acetylenes is 1. The highest BCUT2D eigenvalue weighted by Gasteiger charge is 2.42. The zero-order chi connectivity index (χ0) is 24.7. The van der Waals surface area contributed by atoms with Crippen LogP contribution in [0, 0.1) is 12.3 Å². The number of hydrogen-bond acceptors (Lipinski definition) is 8. The fourth-order valence-electron chi connectivity index (χ4n) is 4.38. The first-order valence-electron chi connectivity index (χ1n) is 11.1. The molecule has 2 atom stereocenters. The monoisotopic (exact) mass is 516 g/mol. The van der Waals surface area contributed by atoms with Crippen LogP contribution >= 0.6 is 11.3 Å². The zero-order valence-corrected chi connectivity index (χ0v) is 20.6. The first kappa shape index (κ1) is 23.6. The van der Waals surface area contributed by atoms with Crippen LogP contribution in [0.3, 0.4) is 0 Å². The van der Waals surface area contributed by atoms with Crippen LogP contribution in [0.2, 0.25) is 0 Å². The molecule has 2 unspecified atom stereocenters. The molecule has 1 aromatic heterocycles. The topological polar surface area (TPSA) is 124 Å². The number of hydrogen-bond donors (Lipinski definition) is 2. The first-order chi connectivity index (χ1) is 16.8. The molecule has 3 amide bonds. The number of benzene rings is 1. The van der Waals surface area contributed by atoms with E-state index in [4.69, 9.17) is 11.2 Å². The Labute approximate surface area is 206 Å². The maximum atomic E-state index is 13.5. The van der Waals surface area contributed by atoms with Gasteiger partial charge in [-0.05, 0) is 30.0 Å². The van der Waals surface area contributed by atoms with Crippen molar-refractivity contribution in [3.05, 3.63) is 29.8 Å². The van der Waals surface area contributed by atoms with Crippen molar-refractivity contribution in [2.75, 3.05) is 40.0 Å². The lowest BCUT2D eigenvalue weighted by molar-refractivity contribution is -0.126. The molecule has 0 bridgehead atoms. The largest absolute Gasteiger partial charge is 0.463 e. The summed E-state index contributed by atoms with van der Waals surface area (Å²) in [6.45, 7) is 0.639. The number of urea groups is 1. The number of hydrazone groups is 1. The summed E-state index contributed by atoms with van der Waals surface area (Å²) >= 11 is 1.13. The molecule has 3 aliphatic heterocycles. The second-order valence-electron chi connectivity index (χ2n) is 8.33. The minimum atomic E-state index is -3.89. The van der Waals surface area contributed by atoms with Gasteiger partial charge in [-0.15, -0.1) is 22.9 Å². The van der Waals surface area contributed by atoms with Gasteiger partial charge in [-0.3, -0.25) is 10.1 Å². The average Bonchev–Trinajstić information content (AvgIpc) is 3.53. The molecule has 2 fully saturated rings. The predicted molar refractivity (Wildman–Crippen MR) is 130 cm³/mol. The van der Waals surface area contributed by atoms with Gasteiger partial charge in [0.15, 0.2) is 0 Å². The van der Waals surface area contributed by atoms with E-state index >= 15 is 0 Å².